The number of thiophene rings is 4. The third kappa shape index (κ3) is 1.71. The molecule has 0 saturated carbocycles. The number of hydrogen-bond donors (Lipinski definition) is 1. The van der Waals surface area contributed by atoms with E-state index < -0.39 is 6.10 Å². The average Bonchev–Trinajstić information content (AvgIpc) is 3.32. The van der Waals surface area contributed by atoms with Crippen LogP contribution in [0.2, 0.25) is 0 Å². The van der Waals surface area contributed by atoms with Crippen LogP contribution in [-0.4, -0.2) is 5.11 Å². The molecule has 22 heavy (non-hydrogen) atoms. The SMILES string of the molecule is OC1c2ccsc2-c2sc(-c3cccs3)c(-c3cccs3)c21. The number of aliphatic hydroxyl groups is 1. The summed E-state index contributed by atoms with van der Waals surface area (Å²) < 4.78 is 0. The number of rotatable bonds is 2. The predicted octanol–water partition coefficient (Wildman–Crippen LogP) is 6.33. The summed E-state index contributed by atoms with van der Waals surface area (Å²) in [5.74, 6) is 0. The lowest BCUT2D eigenvalue weighted by Gasteiger charge is -2.08. The van der Waals surface area contributed by atoms with Gasteiger partial charge in [0.25, 0.3) is 0 Å². The Balaban J connectivity index is 1.86. The van der Waals surface area contributed by atoms with Crippen molar-refractivity contribution in [2.45, 2.75) is 6.10 Å². The van der Waals surface area contributed by atoms with Crippen molar-refractivity contribution in [2.75, 3.05) is 0 Å². The summed E-state index contributed by atoms with van der Waals surface area (Å²) in [6.07, 6.45) is -0.488. The molecule has 0 radical (unpaired) electrons. The highest BCUT2D eigenvalue weighted by atomic mass is 32.1. The van der Waals surface area contributed by atoms with Crippen molar-refractivity contribution in [3.8, 4) is 29.9 Å². The molecule has 4 aromatic rings. The smallest absolute Gasteiger partial charge is 0.108 e. The normalized spacial score (nSPS) is 16.0. The van der Waals surface area contributed by atoms with Crippen LogP contribution < -0.4 is 0 Å². The lowest BCUT2D eigenvalue weighted by Crippen LogP contribution is -1.94. The molecule has 0 fully saturated rings. The maximum atomic E-state index is 10.8. The van der Waals surface area contributed by atoms with Gasteiger partial charge in [-0.1, -0.05) is 12.1 Å². The van der Waals surface area contributed by atoms with Gasteiger partial charge in [0.1, 0.15) is 6.10 Å². The van der Waals surface area contributed by atoms with Crippen LogP contribution in [0.4, 0.5) is 0 Å². The summed E-state index contributed by atoms with van der Waals surface area (Å²) in [4.78, 5) is 6.32. The minimum Gasteiger partial charge on any atom is -0.384 e. The first-order valence-electron chi connectivity index (χ1n) is 6.85. The third-order valence-corrected chi connectivity index (χ3v) is 8.16. The molecule has 1 aliphatic rings. The zero-order valence-electron chi connectivity index (χ0n) is 11.3. The molecule has 5 heteroatoms. The van der Waals surface area contributed by atoms with E-state index in [1.54, 1.807) is 34.0 Å². The molecular weight excluding hydrogens is 348 g/mol. The van der Waals surface area contributed by atoms with Gasteiger partial charge >= 0.3 is 0 Å². The Hall–Kier alpha value is -1.24. The summed E-state index contributed by atoms with van der Waals surface area (Å²) in [7, 11) is 0. The van der Waals surface area contributed by atoms with Crippen LogP contribution in [0.1, 0.15) is 17.2 Å². The molecule has 0 aromatic carbocycles. The minimum absolute atomic E-state index is 0.488. The number of fused-ring (bicyclic) bond motifs is 3. The summed E-state index contributed by atoms with van der Waals surface area (Å²) in [5.41, 5.74) is 3.41. The van der Waals surface area contributed by atoms with E-state index in [0.29, 0.717) is 0 Å². The van der Waals surface area contributed by atoms with Gasteiger partial charge in [0.05, 0.1) is 14.6 Å². The highest BCUT2D eigenvalue weighted by Crippen LogP contribution is 2.58. The van der Waals surface area contributed by atoms with Crippen molar-refractivity contribution >= 4 is 45.3 Å². The van der Waals surface area contributed by atoms with Crippen molar-refractivity contribution in [3.63, 3.8) is 0 Å². The summed E-state index contributed by atoms with van der Waals surface area (Å²) in [6.45, 7) is 0. The molecule has 1 unspecified atom stereocenters. The molecule has 0 aliphatic heterocycles. The van der Waals surface area contributed by atoms with E-state index in [0.717, 1.165) is 11.1 Å². The third-order valence-electron chi connectivity index (χ3n) is 3.93. The first kappa shape index (κ1) is 13.2. The second kappa shape index (κ2) is 4.88. The molecule has 1 nitrogen and oxygen atoms in total. The molecule has 1 atom stereocenters. The van der Waals surface area contributed by atoms with Crippen LogP contribution in [0.5, 0.6) is 0 Å². The Morgan fingerprint density at radius 2 is 1.55 bits per heavy atom. The molecule has 0 saturated heterocycles. The van der Waals surface area contributed by atoms with Crippen LogP contribution >= 0.6 is 45.3 Å². The van der Waals surface area contributed by atoms with Gasteiger partial charge in [-0.3, -0.25) is 0 Å². The van der Waals surface area contributed by atoms with E-state index >= 15 is 0 Å². The number of hydrogen-bond acceptors (Lipinski definition) is 5. The topological polar surface area (TPSA) is 20.2 Å². The van der Waals surface area contributed by atoms with E-state index in [1.165, 1.54) is 29.9 Å². The quantitative estimate of drug-likeness (QED) is 0.444. The molecule has 4 aromatic heterocycles. The van der Waals surface area contributed by atoms with E-state index in [-0.39, 0.29) is 0 Å². The first-order valence-corrected chi connectivity index (χ1v) is 10.3. The standard InChI is InChI=1S/C17H10OS4/c18-14-9-5-8-21-15(9)17-13(14)12(10-3-1-6-19-10)16(22-17)11-4-2-7-20-11/h1-8,14,18H. The van der Waals surface area contributed by atoms with Crippen molar-refractivity contribution in [3.05, 3.63) is 57.6 Å². The summed E-state index contributed by atoms with van der Waals surface area (Å²) in [6, 6.07) is 10.6. The van der Waals surface area contributed by atoms with Crippen LogP contribution in [0.3, 0.4) is 0 Å². The highest BCUT2D eigenvalue weighted by molar-refractivity contribution is 7.27. The molecule has 0 amide bonds. The lowest BCUT2D eigenvalue weighted by molar-refractivity contribution is 0.226. The summed E-state index contributed by atoms with van der Waals surface area (Å²) in [5, 5.41) is 17.1. The fourth-order valence-corrected chi connectivity index (χ4v) is 7.17. The first-order chi connectivity index (χ1) is 10.8. The zero-order valence-corrected chi connectivity index (χ0v) is 14.5. The van der Waals surface area contributed by atoms with Crippen LogP contribution in [0.15, 0.2) is 46.5 Å². The monoisotopic (exact) mass is 358 g/mol. The molecular formula is C17H10OS4. The van der Waals surface area contributed by atoms with Crippen LogP contribution in [0, 0.1) is 0 Å². The van der Waals surface area contributed by atoms with Gasteiger partial charge in [0.15, 0.2) is 0 Å². The van der Waals surface area contributed by atoms with E-state index in [1.807, 2.05) is 11.3 Å². The zero-order chi connectivity index (χ0) is 14.7. The van der Waals surface area contributed by atoms with Gasteiger partial charge in [0.2, 0.25) is 0 Å². The second-order valence-electron chi connectivity index (χ2n) is 5.11. The van der Waals surface area contributed by atoms with Gasteiger partial charge in [-0.25, -0.2) is 0 Å². The van der Waals surface area contributed by atoms with E-state index in [9.17, 15) is 5.11 Å². The van der Waals surface area contributed by atoms with Crippen molar-refractivity contribution in [2.24, 2.45) is 0 Å². The minimum atomic E-state index is -0.488. The molecule has 1 N–H and O–H groups in total. The largest absolute Gasteiger partial charge is 0.384 e. The molecule has 0 spiro atoms. The van der Waals surface area contributed by atoms with E-state index in [4.69, 9.17) is 0 Å². The lowest BCUT2D eigenvalue weighted by atomic mass is 10.0. The fourth-order valence-electron chi connectivity index (χ4n) is 2.99. The Bertz CT molecular complexity index is 941. The van der Waals surface area contributed by atoms with Crippen molar-refractivity contribution in [1.82, 2.24) is 0 Å². The van der Waals surface area contributed by atoms with Gasteiger partial charge in [0, 0.05) is 26.4 Å². The van der Waals surface area contributed by atoms with Gasteiger partial charge < -0.3 is 5.11 Å². The molecule has 1 aliphatic carbocycles. The van der Waals surface area contributed by atoms with Crippen LogP contribution in [-0.2, 0) is 0 Å². The maximum Gasteiger partial charge on any atom is 0.108 e. The van der Waals surface area contributed by atoms with Gasteiger partial charge in [-0.15, -0.1) is 45.3 Å². The van der Waals surface area contributed by atoms with Crippen molar-refractivity contribution < 1.29 is 5.11 Å². The average molecular weight is 359 g/mol. The molecule has 0 bridgehead atoms. The van der Waals surface area contributed by atoms with Crippen LogP contribution in [0.25, 0.3) is 29.9 Å². The molecule has 4 heterocycles. The Kier molecular flexibility index (Phi) is 2.93. The Morgan fingerprint density at radius 1 is 0.773 bits per heavy atom. The molecule has 108 valence electrons. The number of aliphatic hydroxyl groups excluding tert-OH is 1. The predicted molar refractivity (Wildman–Crippen MR) is 98.3 cm³/mol. The van der Waals surface area contributed by atoms with Gasteiger partial charge in [-0.05, 0) is 34.3 Å². The highest BCUT2D eigenvalue weighted by Gasteiger charge is 2.35. The van der Waals surface area contributed by atoms with E-state index in [2.05, 4.69) is 46.5 Å². The summed E-state index contributed by atoms with van der Waals surface area (Å²) >= 11 is 7.07. The van der Waals surface area contributed by atoms with Gasteiger partial charge in [-0.2, -0.15) is 0 Å². The Labute approximate surface area is 143 Å². The second-order valence-corrected chi connectivity index (χ2v) is 8.94. The molecule has 5 rings (SSSR count). The van der Waals surface area contributed by atoms with Crippen molar-refractivity contribution in [1.29, 1.82) is 0 Å². The maximum absolute atomic E-state index is 10.8. The fraction of sp³-hybridized carbons (Fsp3) is 0.0588. The Morgan fingerprint density at radius 3 is 2.27 bits per heavy atom.